The van der Waals surface area contributed by atoms with Crippen LogP contribution in [0.25, 0.3) is 38.0 Å². The largest absolute Gasteiger partial charge is 0.496 e. The molecule has 0 radical (unpaired) electrons. The third-order valence-electron chi connectivity index (χ3n) is 5.54. The van der Waals surface area contributed by atoms with Crippen molar-refractivity contribution in [2.75, 3.05) is 14.2 Å². The summed E-state index contributed by atoms with van der Waals surface area (Å²) in [6.45, 7) is 0.247. The van der Waals surface area contributed by atoms with E-state index in [0.717, 1.165) is 21.7 Å². The van der Waals surface area contributed by atoms with E-state index in [0.29, 0.717) is 44.4 Å². The van der Waals surface area contributed by atoms with Gasteiger partial charge in [0.15, 0.2) is 5.76 Å². The first-order valence-electron chi connectivity index (χ1n) is 11.3. The number of ether oxygens (including phenoxy) is 4. The number of furan rings is 1. The van der Waals surface area contributed by atoms with Crippen molar-refractivity contribution >= 4 is 70.4 Å². The number of nitrogens with zero attached hydrogens (tertiary/aromatic N) is 4. The number of imidazole rings is 1. The Labute approximate surface area is 245 Å². The summed E-state index contributed by atoms with van der Waals surface area (Å²) >= 11 is 4.40. The fourth-order valence-electron chi connectivity index (χ4n) is 3.81. The average Bonchev–Trinajstić information content (AvgIpc) is 3.69. The smallest absolute Gasteiger partial charge is 0.309 e. The number of benzene rings is 2. The summed E-state index contributed by atoms with van der Waals surface area (Å²) < 4.78 is 41.6. The Balaban J connectivity index is 1.22. The van der Waals surface area contributed by atoms with Crippen molar-refractivity contribution in [2.24, 2.45) is 0 Å². The van der Waals surface area contributed by atoms with Crippen LogP contribution in [-0.4, -0.2) is 37.4 Å². The highest BCUT2D eigenvalue weighted by atomic mass is 127. The van der Waals surface area contributed by atoms with Gasteiger partial charge in [0, 0.05) is 45.7 Å². The number of halogens is 2. The Morgan fingerprint density at radius 1 is 1.10 bits per heavy atom. The molecule has 6 rings (SSSR count). The Morgan fingerprint density at radius 2 is 1.92 bits per heavy atom. The second-order valence-corrected chi connectivity index (χ2v) is 13.4. The minimum atomic E-state index is -1.85. The maximum atomic E-state index is 13.7. The van der Waals surface area contributed by atoms with Gasteiger partial charge in [-0.3, -0.25) is 0 Å². The Morgan fingerprint density at radius 3 is 2.64 bits per heavy atom. The molecule has 2 unspecified atom stereocenters. The van der Waals surface area contributed by atoms with E-state index >= 15 is 0 Å². The molecule has 0 saturated heterocycles. The lowest BCUT2D eigenvalue weighted by atomic mass is 10.2. The van der Waals surface area contributed by atoms with Crippen molar-refractivity contribution in [2.45, 2.75) is 10.2 Å². The van der Waals surface area contributed by atoms with Crippen molar-refractivity contribution in [1.29, 1.82) is 0 Å². The maximum Gasteiger partial charge on any atom is 0.309 e. The van der Waals surface area contributed by atoms with Gasteiger partial charge in [-0.15, -0.1) is 16.4 Å². The first kappa shape index (κ1) is 26.2. The number of hydrogen-bond donors (Lipinski definition) is 0. The summed E-state index contributed by atoms with van der Waals surface area (Å²) in [5.41, 5.74) is 2.92. The molecule has 0 spiro atoms. The van der Waals surface area contributed by atoms with Gasteiger partial charge in [-0.25, -0.2) is 14.5 Å². The first-order chi connectivity index (χ1) is 18.8. The van der Waals surface area contributed by atoms with Crippen LogP contribution in [-0.2, 0) is 6.61 Å². The minimum Gasteiger partial charge on any atom is -0.496 e. The number of thiazole rings is 1. The lowest BCUT2D eigenvalue weighted by molar-refractivity contribution is 0.136. The van der Waals surface area contributed by atoms with Crippen molar-refractivity contribution in [3.8, 4) is 44.5 Å². The number of hydrogen-bond acceptors (Lipinski definition) is 10. The number of aromatic nitrogens is 4. The van der Waals surface area contributed by atoms with Gasteiger partial charge in [-0.1, -0.05) is 0 Å². The molecule has 0 aliphatic rings. The number of methoxy groups -OCH3 is 2. The van der Waals surface area contributed by atoms with Gasteiger partial charge in [0.05, 0.1) is 31.5 Å². The van der Waals surface area contributed by atoms with Crippen LogP contribution < -0.4 is 18.9 Å². The molecule has 39 heavy (non-hydrogen) atoms. The molecule has 0 N–H and O–H groups in total. The highest BCUT2D eigenvalue weighted by Gasteiger charge is 2.20. The summed E-state index contributed by atoms with van der Waals surface area (Å²) in [5, 5.41) is 8.39. The molecule has 0 fully saturated rings. The number of alkyl halides is 2. The number of fused-ring (bicyclic) bond motifs is 2. The fraction of sp³-hybridized carbons (Fsp3) is 0.160. The zero-order valence-corrected chi connectivity index (χ0v) is 25.3. The van der Waals surface area contributed by atoms with Gasteiger partial charge in [-0.2, -0.15) is 4.39 Å². The molecule has 9 nitrogen and oxygen atoms in total. The SMILES string of the molecule is COc1cc(OCc2csc(-c3ccc(OC(F)(P)I)cc3)n2)c2cc(-c3cn4nc(OC)sc4n3)oc2c1. The zero-order chi connectivity index (χ0) is 27.1. The molecule has 0 aliphatic heterocycles. The second kappa shape index (κ2) is 10.5. The molecule has 0 bridgehead atoms. The lowest BCUT2D eigenvalue weighted by Crippen LogP contribution is -2.11. The highest BCUT2D eigenvalue weighted by Crippen LogP contribution is 2.38. The Bertz CT molecular complexity index is 1750. The van der Waals surface area contributed by atoms with E-state index < -0.39 is 3.60 Å². The van der Waals surface area contributed by atoms with Crippen molar-refractivity contribution in [1.82, 2.24) is 19.6 Å². The van der Waals surface area contributed by atoms with Crippen molar-refractivity contribution in [3.05, 3.63) is 59.7 Å². The van der Waals surface area contributed by atoms with Crippen LogP contribution in [0.5, 0.6) is 22.4 Å². The normalized spacial score (nSPS) is 13.1. The van der Waals surface area contributed by atoms with Crippen LogP contribution in [0, 0.1) is 0 Å². The molecular weight excluding hydrogens is 677 g/mol. The Kier molecular flexibility index (Phi) is 7.08. The molecule has 14 heteroatoms. The van der Waals surface area contributed by atoms with E-state index in [1.165, 1.54) is 22.7 Å². The summed E-state index contributed by atoms with van der Waals surface area (Å²) in [7, 11) is 5.16. The van der Waals surface area contributed by atoms with Crippen LogP contribution in [0.2, 0.25) is 0 Å². The summed E-state index contributed by atoms with van der Waals surface area (Å²) in [5.74, 6) is 2.21. The maximum absolute atomic E-state index is 13.7. The van der Waals surface area contributed by atoms with E-state index in [1.807, 2.05) is 45.0 Å². The molecule has 0 aliphatic carbocycles. The standard InChI is InChI=1S/C25H19FIN4O5PS2/c1-32-16-7-19(17-9-21(35-20(17)8-16)18-10-31-23(29-18)39-24(30-31)33-2)34-11-14-12-38-22(28-14)13-3-5-15(6-4-13)36-25(26,27)37/h3-10,12H,11,37H2,1-2H3. The van der Waals surface area contributed by atoms with Crippen molar-refractivity contribution < 1.29 is 27.8 Å². The van der Waals surface area contributed by atoms with Gasteiger partial charge >= 0.3 is 3.60 Å². The third kappa shape index (κ3) is 5.67. The third-order valence-corrected chi connectivity index (χ3v) is 7.70. The van der Waals surface area contributed by atoms with Crippen LogP contribution in [0.15, 0.2) is 58.5 Å². The van der Waals surface area contributed by atoms with E-state index in [-0.39, 0.29) is 6.61 Å². The molecule has 6 aromatic rings. The van der Waals surface area contributed by atoms with Crippen LogP contribution >= 0.6 is 54.5 Å². The molecule has 2 atom stereocenters. The summed E-state index contributed by atoms with van der Waals surface area (Å²) in [6, 6.07) is 12.6. The molecule has 2 aromatic carbocycles. The average molecular weight is 696 g/mol. The molecule has 0 saturated carbocycles. The topological polar surface area (TPSA) is 93.1 Å². The first-order valence-corrected chi connectivity index (χ1v) is 14.7. The monoisotopic (exact) mass is 696 g/mol. The van der Waals surface area contributed by atoms with Gasteiger partial charge < -0.3 is 23.4 Å². The molecule has 4 aromatic heterocycles. The minimum absolute atomic E-state index is 0.247. The highest BCUT2D eigenvalue weighted by molar-refractivity contribution is 14.1. The predicted molar refractivity (Wildman–Crippen MR) is 159 cm³/mol. The fourth-order valence-corrected chi connectivity index (χ4v) is 5.71. The van der Waals surface area contributed by atoms with Crippen molar-refractivity contribution in [3.63, 3.8) is 0 Å². The number of rotatable bonds is 9. The Hall–Kier alpha value is -3.00. The van der Waals surface area contributed by atoms with Crippen LogP contribution in [0.1, 0.15) is 5.69 Å². The van der Waals surface area contributed by atoms with E-state index in [2.05, 4.69) is 10.1 Å². The van der Waals surface area contributed by atoms with E-state index in [4.69, 9.17) is 28.3 Å². The summed E-state index contributed by atoms with van der Waals surface area (Å²) in [6.07, 6.45) is 1.79. The lowest BCUT2D eigenvalue weighted by Gasteiger charge is -2.14. The second-order valence-electron chi connectivity index (χ2n) is 8.19. The van der Waals surface area contributed by atoms with Crippen LogP contribution in [0.3, 0.4) is 0 Å². The van der Waals surface area contributed by atoms with E-state index in [1.54, 1.807) is 59.7 Å². The van der Waals surface area contributed by atoms with Gasteiger partial charge in [0.1, 0.15) is 40.1 Å². The quantitative estimate of drug-likeness (QED) is 0.0892. The van der Waals surface area contributed by atoms with Gasteiger partial charge in [-0.05, 0) is 50.9 Å². The molecule has 4 heterocycles. The molecule has 0 amide bonds. The van der Waals surface area contributed by atoms with Gasteiger partial charge in [0.2, 0.25) is 4.96 Å². The zero-order valence-electron chi connectivity index (χ0n) is 20.4. The van der Waals surface area contributed by atoms with Gasteiger partial charge in [0.25, 0.3) is 5.19 Å². The summed E-state index contributed by atoms with van der Waals surface area (Å²) in [4.78, 5) is 10.00. The van der Waals surface area contributed by atoms with E-state index in [9.17, 15) is 4.39 Å². The molecule has 200 valence electrons. The predicted octanol–water partition coefficient (Wildman–Crippen LogP) is 7.19. The van der Waals surface area contributed by atoms with Crippen LogP contribution in [0.4, 0.5) is 4.39 Å². The molecular formula is C25H19FIN4O5PS2.